The van der Waals surface area contributed by atoms with Crippen molar-refractivity contribution in [1.29, 1.82) is 0 Å². The molecule has 0 bridgehead atoms. The van der Waals surface area contributed by atoms with Crippen molar-refractivity contribution in [3.8, 4) is 0 Å². The van der Waals surface area contributed by atoms with Crippen LogP contribution in [0.25, 0.3) is 0 Å². The smallest absolute Gasteiger partial charge is 0.131 e. The molecule has 0 fully saturated rings. The summed E-state index contributed by atoms with van der Waals surface area (Å²) in [6.45, 7) is 3.05. The van der Waals surface area contributed by atoms with Crippen molar-refractivity contribution in [2.24, 2.45) is 5.73 Å². The molecule has 100 valence electrons. The Balaban J connectivity index is 2.53. The fourth-order valence-electron chi connectivity index (χ4n) is 1.98. The van der Waals surface area contributed by atoms with Gasteiger partial charge in [0.05, 0.1) is 6.04 Å². The van der Waals surface area contributed by atoms with Gasteiger partial charge in [-0.05, 0) is 37.1 Å². The molecule has 0 heterocycles. The van der Waals surface area contributed by atoms with Gasteiger partial charge in [-0.15, -0.1) is 0 Å². The van der Waals surface area contributed by atoms with Gasteiger partial charge < -0.3 is 5.73 Å². The third-order valence-corrected chi connectivity index (χ3v) is 3.17. The summed E-state index contributed by atoms with van der Waals surface area (Å²) in [6.07, 6.45) is 0. The average molecular weight is 265 g/mol. The van der Waals surface area contributed by atoms with Crippen molar-refractivity contribution in [3.63, 3.8) is 0 Å². The van der Waals surface area contributed by atoms with Crippen molar-refractivity contribution in [1.82, 2.24) is 0 Å². The number of rotatable bonds is 2. The molecule has 0 aliphatic carbocycles. The summed E-state index contributed by atoms with van der Waals surface area (Å²) >= 11 is 0. The van der Waals surface area contributed by atoms with E-state index >= 15 is 0 Å². The van der Waals surface area contributed by atoms with E-state index in [4.69, 9.17) is 5.73 Å². The number of halogens is 3. The van der Waals surface area contributed by atoms with E-state index in [2.05, 4.69) is 0 Å². The van der Waals surface area contributed by atoms with E-state index in [1.165, 1.54) is 13.0 Å². The normalized spacial score (nSPS) is 12.5. The average Bonchev–Trinajstić information content (AvgIpc) is 2.36. The Morgan fingerprint density at radius 2 is 1.58 bits per heavy atom. The van der Waals surface area contributed by atoms with Crippen LogP contribution in [0.15, 0.2) is 30.3 Å². The number of hydrogen-bond donors (Lipinski definition) is 1. The molecule has 2 aromatic rings. The summed E-state index contributed by atoms with van der Waals surface area (Å²) in [4.78, 5) is 0. The third-order valence-electron chi connectivity index (χ3n) is 3.17. The SMILES string of the molecule is Cc1cc(F)c(C(N)c2cccc(C)c2F)cc1F. The van der Waals surface area contributed by atoms with E-state index in [9.17, 15) is 13.2 Å². The van der Waals surface area contributed by atoms with Crippen LogP contribution in [0.1, 0.15) is 28.3 Å². The standard InChI is InChI=1S/C15H14F3N/c1-8-4-3-5-10(14(8)18)15(19)11-7-12(16)9(2)6-13(11)17/h3-7,15H,19H2,1-2H3. The van der Waals surface area contributed by atoms with Crippen LogP contribution < -0.4 is 5.73 Å². The van der Waals surface area contributed by atoms with Gasteiger partial charge in [0.2, 0.25) is 0 Å². The molecule has 19 heavy (non-hydrogen) atoms. The van der Waals surface area contributed by atoms with Crippen LogP contribution in [0, 0.1) is 31.3 Å². The summed E-state index contributed by atoms with van der Waals surface area (Å²) in [5.41, 5.74) is 6.58. The zero-order valence-corrected chi connectivity index (χ0v) is 10.7. The number of hydrogen-bond acceptors (Lipinski definition) is 1. The highest BCUT2D eigenvalue weighted by Gasteiger charge is 2.19. The molecule has 1 atom stereocenters. The predicted octanol–water partition coefficient (Wildman–Crippen LogP) is 3.77. The molecule has 1 nitrogen and oxygen atoms in total. The molecule has 0 saturated heterocycles. The summed E-state index contributed by atoms with van der Waals surface area (Å²) in [5, 5.41) is 0. The first kappa shape index (κ1) is 13.6. The number of nitrogens with two attached hydrogens (primary N) is 1. The van der Waals surface area contributed by atoms with Crippen LogP contribution in [-0.4, -0.2) is 0 Å². The first-order valence-corrected chi connectivity index (χ1v) is 5.88. The second-order valence-corrected chi connectivity index (χ2v) is 4.58. The quantitative estimate of drug-likeness (QED) is 0.878. The van der Waals surface area contributed by atoms with E-state index in [1.807, 2.05) is 0 Å². The number of aryl methyl sites for hydroxylation is 2. The molecule has 2 rings (SSSR count). The zero-order valence-electron chi connectivity index (χ0n) is 10.7. The summed E-state index contributed by atoms with van der Waals surface area (Å²) in [6, 6.07) is 5.77. The van der Waals surface area contributed by atoms with Crippen LogP contribution in [0.5, 0.6) is 0 Å². The van der Waals surface area contributed by atoms with Crippen molar-refractivity contribution >= 4 is 0 Å². The predicted molar refractivity (Wildman–Crippen MR) is 68.3 cm³/mol. The minimum Gasteiger partial charge on any atom is -0.320 e. The van der Waals surface area contributed by atoms with Crippen molar-refractivity contribution in [3.05, 3.63) is 70.0 Å². The maximum atomic E-state index is 14.0. The van der Waals surface area contributed by atoms with Gasteiger partial charge in [0.25, 0.3) is 0 Å². The molecule has 4 heteroatoms. The van der Waals surface area contributed by atoms with Crippen molar-refractivity contribution in [2.75, 3.05) is 0 Å². The molecule has 0 amide bonds. The highest BCUT2D eigenvalue weighted by Crippen LogP contribution is 2.27. The summed E-state index contributed by atoms with van der Waals surface area (Å²) in [7, 11) is 0. The Morgan fingerprint density at radius 3 is 2.26 bits per heavy atom. The molecule has 0 aromatic heterocycles. The van der Waals surface area contributed by atoms with Gasteiger partial charge in [-0.25, -0.2) is 13.2 Å². The lowest BCUT2D eigenvalue weighted by atomic mass is 9.96. The second kappa shape index (κ2) is 5.05. The first-order valence-electron chi connectivity index (χ1n) is 5.88. The minimum absolute atomic E-state index is 0.0485. The third kappa shape index (κ3) is 2.49. The summed E-state index contributed by atoms with van der Waals surface area (Å²) < 4.78 is 41.3. The molecule has 0 radical (unpaired) electrons. The Morgan fingerprint density at radius 1 is 0.895 bits per heavy atom. The monoisotopic (exact) mass is 265 g/mol. The van der Waals surface area contributed by atoms with E-state index in [1.54, 1.807) is 19.1 Å². The Hall–Kier alpha value is -1.81. The van der Waals surface area contributed by atoms with Crippen LogP contribution in [-0.2, 0) is 0 Å². The van der Waals surface area contributed by atoms with Crippen LogP contribution in [0.2, 0.25) is 0 Å². The lowest BCUT2D eigenvalue weighted by Gasteiger charge is -2.16. The second-order valence-electron chi connectivity index (χ2n) is 4.58. The molecule has 2 N–H and O–H groups in total. The first-order chi connectivity index (χ1) is 8.91. The molecular weight excluding hydrogens is 251 g/mol. The molecule has 0 aliphatic heterocycles. The van der Waals surface area contributed by atoms with E-state index < -0.39 is 23.5 Å². The maximum absolute atomic E-state index is 14.0. The topological polar surface area (TPSA) is 26.0 Å². The highest BCUT2D eigenvalue weighted by atomic mass is 19.1. The van der Waals surface area contributed by atoms with E-state index in [-0.39, 0.29) is 16.7 Å². The fourth-order valence-corrected chi connectivity index (χ4v) is 1.98. The Labute approximate surface area is 109 Å². The van der Waals surface area contributed by atoms with E-state index in [0.29, 0.717) is 5.56 Å². The maximum Gasteiger partial charge on any atom is 0.131 e. The zero-order chi connectivity index (χ0) is 14.2. The molecule has 2 aromatic carbocycles. The van der Waals surface area contributed by atoms with Crippen LogP contribution >= 0.6 is 0 Å². The largest absolute Gasteiger partial charge is 0.320 e. The van der Waals surface area contributed by atoms with E-state index in [0.717, 1.165) is 12.1 Å². The molecule has 0 aliphatic rings. The lowest BCUT2D eigenvalue weighted by molar-refractivity contribution is 0.556. The number of benzene rings is 2. The minimum atomic E-state index is -1.03. The van der Waals surface area contributed by atoms with Gasteiger partial charge in [-0.3, -0.25) is 0 Å². The van der Waals surface area contributed by atoms with Crippen molar-refractivity contribution < 1.29 is 13.2 Å². The summed E-state index contributed by atoms with van der Waals surface area (Å²) in [5.74, 6) is -1.68. The lowest BCUT2D eigenvalue weighted by Crippen LogP contribution is -2.16. The Kier molecular flexibility index (Phi) is 3.62. The fraction of sp³-hybridized carbons (Fsp3) is 0.200. The molecule has 0 spiro atoms. The van der Waals surface area contributed by atoms with Gasteiger partial charge >= 0.3 is 0 Å². The van der Waals surface area contributed by atoms with Crippen LogP contribution in [0.4, 0.5) is 13.2 Å². The molecule has 1 unspecified atom stereocenters. The molecule has 0 saturated carbocycles. The van der Waals surface area contributed by atoms with Gasteiger partial charge in [0.15, 0.2) is 0 Å². The van der Waals surface area contributed by atoms with Crippen LogP contribution in [0.3, 0.4) is 0 Å². The Bertz CT molecular complexity index is 623. The van der Waals surface area contributed by atoms with Crippen molar-refractivity contribution in [2.45, 2.75) is 19.9 Å². The van der Waals surface area contributed by atoms with Gasteiger partial charge in [-0.2, -0.15) is 0 Å². The molecular formula is C15H14F3N. The van der Waals surface area contributed by atoms with Gasteiger partial charge in [-0.1, -0.05) is 18.2 Å². The van der Waals surface area contributed by atoms with Gasteiger partial charge in [0, 0.05) is 11.1 Å². The van der Waals surface area contributed by atoms with Gasteiger partial charge in [0.1, 0.15) is 17.5 Å². The highest BCUT2D eigenvalue weighted by molar-refractivity contribution is 5.37.